The molecule has 0 heterocycles. The van der Waals surface area contributed by atoms with E-state index in [9.17, 15) is 0 Å². The van der Waals surface area contributed by atoms with Crippen LogP contribution in [0, 0.1) is 23.7 Å². The summed E-state index contributed by atoms with van der Waals surface area (Å²) < 4.78 is 0. The van der Waals surface area contributed by atoms with Crippen molar-refractivity contribution in [3.05, 3.63) is 0 Å². The molecule has 1 saturated carbocycles. The smallest absolute Gasteiger partial charge is 0.0102 e. The van der Waals surface area contributed by atoms with E-state index >= 15 is 0 Å². The van der Waals surface area contributed by atoms with Crippen LogP contribution in [0.4, 0.5) is 0 Å². The first-order valence-electron chi connectivity index (χ1n) is 7.32. The van der Waals surface area contributed by atoms with Gasteiger partial charge in [0, 0.05) is 12.6 Å². The van der Waals surface area contributed by atoms with E-state index in [1.165, 1.54) is 13.0 Å². The lowest BCUT2D eigenvalue weighted by Crippen LogP contribution is -2.40. The van der Waals surface area contributed by atoms with Crippen molar-refractivity contribution in [2.45, 2.75) is 47.1 Å². The third-order valence-corrected chi connectivity index (χ3v) is 4.34. The summed E-state index contributed by atoms with van der Waals surface area (Å²) in [4.78, 5) is 2.55. The second-order valence-electron chi connectivity index (χ2n) is 6.68. The Hall–Kier alpha value is -0.0800. The van der Waals surface area contributed by atoms with Gasteiger partial charge in [0.1, 0.15) is 0 Å². The van der Waals surface area contributed by atoms with Crippen LogP contribution in [0.5, 0.6) is 0 Å². The largest absolute Gasteiger partial charge is 0.316 e. The Bertz CT molecular complexity index is 215. The van der Waals surface area contributed by atoms with Crippen LogP contribution in [0.2, 0.25) is 0 Å². The van der Waals surface area contributed by atoms with Gasteiger partial charge in [0.15, 0.2) is 0 Å². The van der Waals surface area contributed by atoms with Gasteiger partial charge >= 0.3 is 0 Å². The van der Waals surface area contributed by atoms with Gasteiger partial charge in [-0.25, -0.2) is 0 Å². The maximum Gasteiger partial charge on any atom is 0.0102 e. The van der Waals surface area contributed by atoms with Crippen molar-refractivity contribution >= 4 is 0 Å². The number of hydrogen-bond acceptors (Lipinski definition) is 2. The normalized spacial score (nSPS) is 27.5. The van der Waals surface area contributed by atoms with Gasteiger partial charge in [0.25, 0.3) is 0 Å². The van der Waals surface area contributed by atoms with Crippen molar-refractivity contribution in [1.82, 2.24) is 10.2 Å². The Morgan fingerprint density at radius 1 is 1.18 bits per heavy atom. The average molecular weight is 240 g/mol. The highest BCUT2D eigenvalue weighted by Gasteiger charge is 2.34. The lowest BCUT2D eigenvalue weighted by molar-refractivity contribution is 0.186. The van der Waals surface area contributed by atoms with Crippen LogP contribution in [0.15, 0.2) is 0 Å². The first-order chi connectivity index (χ1) is 7.91. The van der Waals surface area contributed by atoms with Gasteiger partial charge in [-0.3, -0.25) is 0 Å². The molecule has 2 nitrogen and oxygen atoms in total. The van der Waals surface area contributed by atoms with E-state index < -0.39 is 0 Å². The van der Waals surface area contributed by atoms with Crippen LogP contribution in [-0.4, -0.2) is 37.6 Å². The summed E-state index contributed by atoms with van der Waals surface area (Å²) in [6.45, 7) is 15.2. The fourth-order valence-electron chi connectivity index (χ4n) is 2.39. The maximum atomic E-state index is 3.57. The molecule has 0 aliphatic heterocycles. The molecular formula is C15H32N2. The zero-order valence-corrected chi connectivity index (χ0v) is 12.7. The van der Waals surface area contributed by atoms with E-state index in [2.05, 4.69) is 51.9 Å². The molecule has 0 radical (unpaired) electrons. The second kappa shape index (κ2) is 6.75. The monoisotopic (exact) mass is 240 g/mol. The molecule has 0 aromatic carbocycles. The number of nitrogens with zero attached hydrogens (tertiary/aromatic N) is 1. The molecule has 102 valence electrons. The lowest BCUT2D eigenvalue weighted by atomic mass is 10.0. The van der Waals surface area contributed by atoms with E-state index in [0.29, 0.717) is 6.04 Å². The summed E-state index contributed by atoms with van der Waals surface area (Å²) in [5.41, 5.74) is 0. The van der Waals surface area contributed by atoms with Crippen molar-refractivity contribution in [2.75, 3.05) is 26.7 Å². The van der Waals surface area contributed by atoms with Crippen LogP contribution in [0.3, 0.4) is 0 Å². The maximum absolute atomic E-state index is 3.57. The van der Waals surface area contributed by atoms with Crippen LogP contribution in [-0.2, 0) is 0 Å². The molecule has 4 unspecified atom stereocenters. The molecule has 0 bridgehead atoms. The molecular weight excluding hydrogens is 208 g/mol. The molecule has 2 heteroatoms. The van der Waals surface area contributed by atoms with E-state index in [-0.39, 0.29) is 0 Å². The predicted octanol–water partition coefficient (Wildman–Crippen LogP) is 2.84. The van der Waals surface area contributed by atoms with Gasteiger partial charge in [-0.15, -0.1) is 0 Å². The van der Waals surface area contributed by atoms with Crippen LogP contribution < -0.4 is 5.32 Å². The predicted molar refractivity (Wildman–Crippen MR) is 76.2 cm³/mol. The third kappa shape index (κ3) is 5.39. The Morgan fingerprint density at radius 2 is 1.76 bits per heavy atom. The zero-order valence-electron chi connectivity index (χ0n) is 12.7. The van der Waals surface area contributed by atoms with Crippen molar-refractivity contribution in [1.29, 1.82) is 0 Å². The summed E-state index contributed by atoms with van der Waals surface area (Å²) in [5.74, 6) is 3.42. The van der Waals surface area contributed by atoms with Gasteiger partial charge in [0.05, 0.1) is 0 Å². The highest BCUT2D eigenvalue weighted by Crippen LogP contribution is 2.38. The van der Waals surface area contributed by atoms with Gasteiger partial charge in [-0.1, -0.05) is 27.7 Å². The molecule has 0 aromatic rings. The minimum absolute atomic E-state index is 0.683. The molecule has 0 aromatic heterocycles. The molecule has 0 saturated heterocycles. The van der Waals surface area contributed by atoms with Gasteiger partial charge in [0.2, 0.25) is 0 Å². The third-order valence-electron chi connectivity index (χ3n) is 4.34. The second-order valence-corrected chi connectivity index (χ2v) is 6.68. The fraction of sp³-hybridized carbons (Fsp3) is 1.00. The Morgan fingerprint density at radius 3 is 2.24 bits per heavy atom. The van der Waals surface area contributed by atoms with E-state index in [1.807, 2.05) is 0 Å². The molecule has 1 aliphatic rings. The van der Waals surface area contributed by atoms with Crippen molar-refractivity contribution in [2.24, 2.45) is 23.7 Å². The van der Waals surface area contributed by atoms with Crippen LogP contribution in [0.1, 0.15) is 41.0 Å². The number of nitrogens with one attached hydrogen (secondary N) is 1. The molecule has 0 amide bonds. The molecule has 1 fully saturated rings. The summed E-state index contributed by atoms with van der Waals surface area (Å²) in [6.07, 6.45) is 1.44. The fourth-order valence-corrected chi connectivity index (χ4v) is 2.39. The van der Waals surface area contributed by atoms with Crippen molar-refractivity contribution < 1.29 is 0 Å². The topological polar surface area (TPSA) is 15.3 Å². The summed E-state index contributed by atoms with van der Waals surface area (Å²) >= 11 is 0. The zero-order chi connectivity index (χ0) is 13.0. The van der Waals surface area contributed by atoms with Crippen molar-refractivity contribution in [3.8, 4) is 0 Å². The molecule has 1 N–H and O–H groups in total. The standard InChI is InChI=1S/C15H32N2/c1-11(2)8-16-9-13(4)14(5)17(6)10-15-7-12(15)3/h11-16H,7-10H2,1-6H3. The van der Waals surface area contributed by atoms with Gasteiger partial charge in [-0.05, 0) is 57.2 Å². The Labute approximate surface area is 108 Å². The molecule has 0 spiro atoms. The van der Waals surface area contributed by atoms with Crippen molar-refractivity contribution in [3.63, 3.8) is 0 Å². The highest BCUT2D eigenvalue weighted by atomic mass is 15.1. The quantitative estimate of drug-likeness (QED) is 0.702. The van der Waals surface area contributed by atoms with Gasteiger partial charge < -0.3 is 10.2 Å². The number of rotatable bonds is 8. The lowest BCUT2D eigenvalue weighted by Gasteiger charge is -2.30. The molecule has 1 aliphatic carbocycles. The molecule has 4 atom stereocenters. The van der Waals surface area contributed by atoms with Crippen LogP contribution in [0.25, 0.3) is 0 Å². The minimum Gasteiger partial charge on any atom is -0.316 e. The van der Waals surface area contributed by atoms with Gasteiger partial charge in [-0.2, -0.15) is 0 Å². The first-order valence-corrected chi connectivity index (χ1v) is 7.32. The van der Waals surface area contributed by atoms with E-state index in [1.54, 1.807) is 0 Å². The summed E-state index contributed by atoms with van der Waals surface area (Å²) in [6, 6.07) is 0.683. The Balaban J connectivity index is 2.17. The van der Waals surface area contributed by atoms with E-state index in [0.717, 1.165) is 36.8 Å². The molecule has 1 rings (SSSR count). The molecule has 17 heavy (non-hydrogen) atoms. The minimum atomic E-state index is 0.683. The highest BCUT2D eigenvalue weighted by molar-refractivity contribution is 4.86. The van der Waals surface area contributed by atoms with Crippen LogP contribution >= 0.6 is 0 Å². The first kappa shape index (κ1) is 15.0. The number of hydrogen-bond donors (Lipinski definition) is 1. The average Bonchev–Trinajstić information content (AvgIpc) is 2.92. The Kier molecular flexibility index (Phi) is 5.94. The van der Waals surface area contributed by atoms with E-state index in [4.69, 9.17) is 0 Å². The summed E-state index contributed by atoms with van der Waals surface area (Å²) in [7, 11) is 2.29. The summed E-state index contributed by atoms with van der Waals surface area (Å²) in [5, 5.41) is 3.57. The SMILES string of the molecule is CC(C)CNCC(C)C(C)N(C)CC1CC1C.